The van der Waals surface area contributed by atoms with Gasteiger partial charge < -0.3 is 32.3 Å². The standard InChI is InChI=1S/C23H28N4O6/c24-17(12-15-6-8-16(28)9-7-15)21(30)27-19(13-14-4-2-1-3-5-14)22(31)26-18(23(32)33)10-11-20(25)29/h1-9,17-19,28H,10-13,24H2,(H2,25,29)(H,26,31)(H,27,30)(H,32,33)/t17-,18-,19-/m0/s1. The van der Waals surface area contributed by atoms with Crippen LogP contribution < -0.4 is 22.1 Å². The lowest BCUT2D eigenvalue weighted by Crippen LogP contribution is -2.55. The summed E-state index contributed by atoms with van der Waals surface area (Å²) in [5.74, 6) is -3.24. The first-order valence-corrected chi connectivity index (χ1v) is 10.3. The van der Waals surface area contributed by atoms with Crippen molar-refractivity contribution in [3.63, 3.8) is 0 Å². The molecular weight excluding hydrogens is 428 g/mol. The lowest BCUT2D eigenvalue weighted by molar-refractivity contribution is -0.142. The van der Waals surface area contributed by atoms with Crippen LogP contribution in [0.1, 0.15) is 24.0 Å². The fourth-order valence-electron chi connectivity index (χ4n) is 3.13. The molecule has 8 N–H and O–H groups in total. The summed E-state index contributed by atoms with van der Waals surface area (Å²) in [7, 11) is 0. The van der Waals surface area contributed by atoms with Crippen molar-refractivity contribution in [2.45, 2.75) is 43.8 Å². The molecule has 33 heavy (non-hydrogen) atoms. The van der Waals surface area contributed by atoms with E-state index in [1.165, 1.54) is 12.1 Å². The van der Waals surface area contributed by atoms with Crippen LogP contribution in [0.3, 0.4) is 0 Å². The molecule has 176 valence electrons. The maximum absolute atomic E-state index is 12.9. The Morgan fingerprint density at radius 3 is 1.97 bits per heavy atom. The minimum absolute atomic E-state index is 0.0840. The number of aromatic hydroxyl groups is 1. The van der Waals surface area contributed by atoms with Crippen LogP contribution in [0.25, 0.3) is 0 Å². The zero-order chi connectivity index (χ0) is 24.4. The Hall–Kier alpha value is -3.92. The molecular formula is C23H28N4O6. The maximum Gasteiger partial charge on any atom is 0.326 e. The number of carbonyl (C=O) groups excluding carboxylic acids is 3. The molecule has 0 aliphatic heterocycles. The Morgan fingerprint density at radius 2 is 1.39 bits per heavy atom. The fourth-order valence-corrected chi connectivity index (χ4v) is 3.13. The number of phenolic OH excluding ortho intramolecular Hbond substituents is 1. The van der Waals surface area contributed by atoms with E-state index in [-0.39, 0.29) is 31.4 Å². The van der Waals surface area contributed by atoms with E-state index in [9.17, 15) is 29.4 Å². The van der Waals surface area contributed by atoms with E-state index in [0.29, 0.717) is 0 Å². The summed E-state index contributed by atoms with van der Waals surface area (Å²) < 4.78 is 0. The highest BCUT2D eigenvalue weighted by Gasteiger charge is 2.28. The molecule has 3 amide bonds. The molecule has 0 spiro atoms. The highest BCUT2D eigenvalue weighted by atomic mass is 16.4. The van der Waals surface area contributed by atoms with Gasteiger partial charge in [-0.25, -0.2) is 4.79 Å². The van der Waals surface area contributed by atoms with Crippen LogP contribution in [0.15, 0.2) is 54.6 Å². The number of carbonyl (C=O) groups is 4. The van der Waals surface area contributed by atoms with Gasteiger partial charge in [0.1, 0.15) is 17.8 Å². The van der Waals surface area contributed by atoms with Gasteiger partial charge in [-0.2, -0.15) is 0 Å². The third kappa shape index (κ3) is 8.62. The maximum atomic E-state index is 12.9. The van der Waals surface area contributed by atoms with Crippen molar-refractivity contribution in [3.8, 4) is 5.75 Å². The fraction of sp³-hybridized carbons (Fsp3) is 0.304. The second kappa shape index (κ2) is 12.2. The van der Waals surface area contributed by atoms with Crippen molar-refractivity contribution in [2.24, 2.45) is 11.5 Å². The highest BCUT2D eigenvalue weighted by molar-refractivity contribution is 5.92. The molecule has 0 aromatic heterocycles. The first kappa shape index (κ1) is 25.3. The lowest BCUT2D eigenvalue weighted by Gasteiger charge is -2.23. The van der Waals surface area contributed by atoms with E-state index < -0.39 is 41.8 Å². The molecule has 0 radical (unpaired) electrons. The summed E-state index contributed by atoms with van der Waals surface area (Å²) in [5.41, 5.74) is 12.5. The Morgan fingerprint density at radius 1 is 0.818 bits per heavy atom. The SMILES string of the molecule is NC(=O)CC[C@H](NC(=O)[C@H](Cc1ccccc1)NC(=O)[C@@H](N)Cc1ccc(O)cc1)C(=O)O. The monoisotopic (exact) mass is 456 g/mol. The molecule has 2 rings (SSSR count). The minimum Gasteiger partial charge on any atom is -0.508 e. The third-order valence-corrected chi connectivity index (χ3v) is 4.94. The molecule has 2 aromatic rings. The number of nitrogens with two attached hydrogens (primary N) is 2. The second-order valence-corrected chi connectivity index (χ2v) is 7.63. The summed E-state index contributed by atoms with van der Waals surface area (Å²) in [6, 6.07) is 11.7. The van der Waals surface area contributed by atoms with Crippen LogP contribution in [-0.4, -0.2) is 52.0 Å². The zero-order valence-corrected chi connectivity index (χ0v) is 17.9. The molecule has 0 aliphatic carbocycles. The topological polar surface area (TPSA) is 185 Å². The van der Waals surface area contributed by atoms with Gasteiger partial charge in [0.25, 0.3) is 0 Å². The molecule has 0 saturated heterocycles. The van der Waals surface area contributed by atoms with Gasteiger partial charge in [0.05, 0.1) is 6.04 Å². The summed E-state index contributed by atoms with van der Waals surface area (Å²) in [4.78, 5) is 48.1. The quantitative estimate of drug-likeness (QED) is 0.256. The minimum atomic E-state index is -1.34. The van der Waals surface area contributed by atoms with E-state index in [2.05, 4.69) is 10.6 Å². The number of carboxylic acids is 1. The Balaban J connectivity index is 2.12. The number of hydrogen-bond donors (Lipinski definition) is 6. The Bertz CT molecular complexity index is 965. The number of amides is 3. The van der Waals surface area contributed by atoms with Crippen molar-refractivity contribution >= 4 is 23.7 Å². The number of hydrogen-bond acceptors (Lipinski definition) is 6. The van der Waals surface area contributed by atoms with Gasteiger partial charge in [0.15, 0.2) is 0 Å². The van der Waals surface area contributed by atoms with Crippen molar-refractivity contribution in [3.05, 3.63) is 65.7 Å². The zero-order valence-electron chi connectivity index (χ0n) is 17.9. The first-order chi connectivity index (χ1) is 15.7. The van der Waals surface area contributed by atoms with E-state index in [1.54, 1.807) is 42.5 Å². The van der Waals surface area contributed by atoms with E-state index in [1.807, 2.05) is 0 Å². The number of benzene rings is 2. The van der Waals surface area contributed by atoms with Gasteiger partial charge in [-0.1, -0.05) is 42.5 Å². The van der Waals surface area contributed by atoms with Gasteiger partial charge >= 0.3 is 5.97 Å². The van der Waals surface area contributed by atoms with Crippen LogP contribution in [0.2, 0.25) is 0 Å². The molecule has 10 heteroatoms. The van der Waals surface area contributed by atoms with E-state index in [4.69, 9.17) is 11.5 Å². The molecule has 2 aromatic carbocycles. The summed E-state index contributed by atoms with van der Waals surface area (Å²) >= 11 is 0. The average molecular weight is 456 g/mol. The predicted octanol–water partition coefficient (Wildman–Crippen LogP) is -0.176. The number of aliphatic carboxylic acids is 1. The number of primary amides is 1. The van der Waals surface area contributed by atoms with Crippen molar-refractivity contribution < 1.29 is 29.4 Å². The smallest absolute Gasteiger partial charge is 0.326 e. The summed E-state index contributed by atoms with van der Waals surface area (Å²) in [5, 5.41) is 23.7. The van der Waals surface area contributed by atoms with Crippen molar-refractivity contribution in [2.75, 3.05) is 0 Å². The number of phenols is 1. The highest BCUT2D eigenvalue weighted by Crippen LogP contribution is 2.11. The molecule has 0 unspecified atom stereocenters. The molecule has 0 saturated carbocycles. The van der Waals surface area contributed by atoms with Gasteiger partial charge in [0.2, 0.25) is 17.7 Å². The van der Waals surface area contributed by atoms with Gasteiger partial charge in [-0.3, -0.25) is 14.4 Å². The second-order valence-electron chi connectivity index (χ2n) is 7.63. The predicted molar refractivity (Wildman–Crippen MR) is 120 cm³/mol. The molecule has 10 nitrogen and oxygen atoms in total. The third-order valence-electron chi connectivity index (χ3n) is 4.94. The van der Waals surface area contributed by atoms with Crippen LogP contribution in [0, 0.1) is 0 Å². The van der Waals surface area contributed by atoms with Gasteiger partial charge in [-0.05, 0) is 36.1 Å². The van der Waals surface area contributed by atoms with E-state index >= 15 is 0 Å². The van der Waals surface area contributed by atoms with Crippen LogP contribution >= 0.6 is 0 Å². The summed E-state index contributed by atoms with van der Waals surface area (Å²) in [6.07, 6.45) is -0.123. The largest absolute Gasteiger partial charge is 0.508 e. The summed E-state index contributed by atoms with van der Waals surface area (Å²) in [6.45, 7) is 0. The lowest BCUT2D eigenvalue weighted by atomic mass is 10.0. The molecule has 0 fully saturated rings. The molecule has 0 heterocycles. The van der Waals surface area contributed by atoms with Crippen molar-refractivity contribution in [1.29, 1.82) is 0 Å². The number of rotatable bonds is 12. The van der Waals surface area contributed by atoms with Crippen LogP contribution in [0.5, 0.6) is 5.75 Å². The average Bonchev–Trinajstić information content (AvgIpc) is 2.77. The van der Waals surface area contributed by atoms with Crippen molar-refractivity contribution in [1.82, 2.24) is 10.6 Å². The molecule has 0 bridgehead atoms. The Kier molecular flexibility index (Phi) is 9.37. The number of nitrogens with one attached hydrogen (secondary N) is 2. The van der Waals surface area contributed by atoms with E-state index in [0.717, 1.165) is 11.1 Å². The Labute approximate surface area is 191 Å². The molecule has 0 aliphatic rings. The molecule has 3 atom stereocenters. The number of carboxylic acid groups (broad SMARTS) is 1. The first-order valence-electron chi connectivity index (χ1n) is 10.3. The van der Waals surface area contributed by atoms with Crippen LogP contribution in [-0.2, 0) is 32.0 Å². The van der Waals surface area contributed by atoms with Gasteiger partial charge in [-0.15, -0.1) is 0 Å². The van der Waals surface area contributed by atoms with Crippen LogP contribution in [0.4, 0.5) is 0 Å². The normalized spacial score (nSPS) is 13.4. The van der Waals surface area contributed by atoms with Gasteiger partial charge in [0, 0.05) is 12.8 Å².